The maximum Gasteiger partial charge on any atom is 0.0515 e. The molecule has 0 amide bonds. The molecule has 0 aliphatic carbocycles. The monoisotopic (exact) mass is 252 g/mol. The van der Waals surface area contributed by atoms with Gasteiger partial charge in [0.1, 0.15) is 0 Å². The van der Waals surface area contributed by atoms with Crippen molar-refractivity contribution in [3.63, 3.8) is 0 Å². The zero-order valence-electron chi connectivity index (χ0n) is 7.50. The van der Waals surface area contributed by atoms with Crippen molar-refractivity contribution in [1.29, 1.82) is 0 Å². The Bertz CT molecular complexity index is 431. The summed E-state index contributed by atoms with van der Waals surface area (Å²) >= 11 is 0. The summed E-state index contributed by atoms with van der Waals surface area (Å²) in [5.41, 5.74) is 23.2. The van der Waals surface area contributed by atoms with Crippen LogP contribution in [-0.2, 0) is 23.6 Å². The largest absolute Gasteiger partial charge is 0.326 e. The van der Waals surface area contributed by atoms with Crippen LogP contribution in [0, 0.1) is 0 Å². The zero-order chi connectivity index (χ0) is 10.4. The first-order chi connectivity index (χ1) is 6.83. The second kappa shape index (κ2) is 6.73. The van der Waals surface area contributed by atoms with Crippen LogP contribution in [0.15, 0.2) is 28.4 Å². The number of azide groups is 2. The Morgan fingerprint density at radius 2 is 1.87 bits per heavy atom. The maximum atomic E-state index is 8.32. The molecule has 0 heterocycles. The van der Waals surface area contributed by atoms with Crippen molar-refractivity contribution in [1.82, 2.24) is 0 Å². The molecular weight excluding hydrogens is 246 g/mol. The van der Waals surface area contributed by atoms with E-state index in [0.717, 1.165) is 0 Å². The third-order valence-corrected chi connectivity index (χ3v) is 1.62. The molecule has 1 aromatic carbocycles. The molecule has 7 nitrogen and oxygen atoms in total. The van der Waals surface area contributed by atoms with Gasteiger partial charge in [0.15, 0.2) is 0 Å². The standard InChI is InChI=1S/C7H7N7.Cu/c8-4-5-2-1-3-6(11-13-9)7(5)12-14-10;/h1-3H,4,8H2;. The summed E-state index contributed by atoms with van der Waals surface area (Å²) < 4.78 is 0. The first kappa shape index (κ1) is 13.3. The molecule has 0 atom stereocenters. The van der Waals surface area contributed by atoms with Crippen LogP contribution in [0.4, 0.5) is 11.4 Å². The minimum Gasteiger partial charge on any atom is -0.326 e. The second-order valence-electron chi connectivity index (χ2n) is 2.37. The fourth-order valence-corrected chi connectivity index (χ4v) is 1.03. The van der Waals surface area contributed by atoms with Crippen LogP contribution < -0.4 is 5.73 Å². The normalized spacial score (nSPS) is 8.07. The molecule has 0 aliphatic heterocycles. The van der Waals surface area contributed by atoms with Crippen LogP contribution >= 0.6 is 0 Å². The fraction of sp³-hybridized carbons (Fsp3) is 0.143. The number of hydrogen-bond acceptors (Lipinski definition) is 3. The van der Waals surface area contributed by atoms with Crippen LogP contribution in [0.1, 0.15) is 5.56 Å². The van der Waals surface area contributed by atoms with Gasteiger partial charge in [-0.15, -0.1) is 0 Å². The van der Waals surface area contributed by atoms with E-state index in [-0.39, 0.29) is 35.0 Å². The van der Waals surface area contributed by atoms with E-state index < -0.39 is 0 Å². The van der Waals surface area contributed by atoms with Gasteiger partial charge in [0.05, 0.1) is 5.69 Å². The number of rotatable bonds is 3. The summed E-state index contributed by atoms with van der Waals surface area (Å²) in [5.74, 6) is 0. The Hall–Kier alpha value is -1.68. The maximum absolute atomic E-state index is 8.32. The molecule has 0 saturated heterocycles. The Labute approximate surface area is 96.0 Å². The molecule has 0 bridgehead atoms. The van der Waals surface area contributed by atoms with Crippen LogP contribution in [0.3, 0.4) is 0 Å². The summed E-state index contributed by atoms with van der Waals surface area (Å²) in [5, 5.41) is 6.83. The summed E-state index contributed by atoms with van der Waals surface area (Å²) in [6.45, 7) is 0.225. The summed E-state index contributed by atoms with van der Waals surface area (Å²) in [6, 6.07) is 4.95. The molecular formula is C7H7CuN7. The molecule has 0 aromatic heterocycles. The van der Waals surface area contributed by atoms with Gasteiger partial charge in [-0.3, -0.25) is 0 Å². The van der Waals surface area contributed by atoms with Crippen molar-refractivity contribution in [3.8, 4) is 0 Å². The first-order valence-electron chi connectivity index (χ1n) is 3.75. The van der Waals surface area contributed by atoms with Gasteiger partial charge in [-0.2, -0.15) is 0 Å². The van der Waals surface area contributed by atoms with E-state index in [2.05, 4.69) is 20.1 Å². The number of nitrogens with zero attached hydrogens (tertiary/aromatic N) is 6. The van der Waals surface area contributed by atoms with Crippen LogP contribution in [0.2, 0.25) is 0 Å². The average Bonchev–Trinajstić information content (AvgIpc) is 2.21. The van der Waals surface area contributed by atoms with Gasteiger partial charge in [0.2, 0.25) is 0 Å². The van der Waals surface area contributed by atoms with Gasteiger partial charge in [-0.1, -0.05) is 28.4 Å². The Kier molecular flexibility index (Phi) is 5.97. The molecule has 1 rings (SSSR count). The van der Waals surface area contributed by atoms with Crippen molar-refractivity contribution in [3.05, 3.63) is 44.6 Å². The minimum absolute atomic E-state index is 0. The van der Waals surface area contributed by atoms with E-state index in [0.29, 0.717) is 5.56 Å². The SMILES string of the molecule is [Cu].[N-]=[N+]=Nc1cccc(CN)c1N=[N+]=[N-]. The molecule has 0 fully saturated rings. The molecule has 0 saturated carbocycles. The Morgan fingerprint density at radius 1 is 1.20 bits per heavy atom. The number of benzene rings is 1. The minimum atomic E-state index is 0. The zero-order valence-corrected chi connectivity index (χ0v) is 8.44. The fourth-order valence-electron chi connectivity index (χ4n) is 1.03. The van der Waals surface area contributed by atoms with Crippen molar-refractivity contribution in [2.24, 2.45) is 16.0 Å². The topological polar surface area (TPSA) is 124 Å². The molecule has 0 aliphatic rings. The Morgan fingerprint density at radius 3 is 2.40 bits per heavy atom. The smallest absolute Gasteiger partial charge is 0.0515 e. The van der Waals surface area contributed by atoms with E-state index in [9.17, 15) is 0 Å². The Balaban J connectivity index is 0.00000196. The van der Waals surface area contributed by atoms with Crippen molar-refractivity contribution < 1.29 is 17.1 Å². The average molecular weight is 253 g/mol. The van der Waals surface area contributed by atoms with E-state index in [4.69, 9.17) is 16.8 Å². The predicted octanol–water partition coefficient (Wildman–Crippen LogP) is 3.03. The van der Waals surface area contributed by atoms with Gasteiger partial charge >= 0.3 is 0 Å². The van der Waals surface area contributed by atoms with Crippen molar-refractivity contribution in [2.45, 2.75) is 6.54 Å². The molecule has 8 heteroatoms. The van der Waals surface area contributed by atoms with E-state index in [1.807, 2.05) is 0 Å². The van der Waals surface area contributed by atoms with Gasteiger partial charge in [0.25, 0.3) is 0 Å². The third-order valence-electron chi connectivity index (χ3n) is 1.62. The van der Waals surface area contributed by atoms with Gasteiger partial charge in [-0.25, -0.2) is 0 Å². The van der Waals surface area contributed by atoms with Crippen LogP contribution in [0.5, 0.6) is 0 Å². The van der Waals surface area contributed by atoms with Gasteiger partial charge in [-0.05, 0) is 16.6 Å². The van der Waals surface area contributed by atoms with E-state index >= 15 is 0 Å². The number of hydrogen-bond donors (Lipinski definition) is 1. The summed E-state index contributed by atoms with van der Waals surface area (Å²) in [4.78, 5) is 5.27. The third kappa shape index (κ3) is 3.18. The first-order valence-corrected chi connectivity index (χ1v) is 3.75. The molecule has 15 heavy (non-hydrogen) atoms. The predicted molar refractivity (Wildman–Crippen MR) is 51.9 cm³/mol. The van der Waals surface area contributed by atoms with E-state index in [1.165, 1.54) is 0 Å². The molecule has 81 valence electrons. The van der Waals surface area contributed by atoms with Gasteiger partial charge in [0, 0.05) is 39.1 Å². The molecule has 2 N–H and O–H groups in total. The van der Waals surface area contributed by atoms with Crippen LogP contribution in [-0.4, -0.2) is 0 Å². The van der Waals surface area contributed by atoms with Gasteiger partial charge < -0.3 is 5.73 Å². The molecule has 0 spiro atoms. The quantitative estimate of drug-likeness (QED) is 0.378. The van der Waals surface area contributed by atoms with E-state index in [1.54, 1.807) is 18.2 Å². The molecule has 1 aromatic rings. The van der Waals surface area contributed by atoms with Crippen molar-refractivity contribution >= 4 is 11.4 Å². The second-order valence-corrected chi connectivity index (χ2v) is 2.37. The summed E-state index contributed by atoms with van der Waals surface area (Å²) in [7, 11) is 0. The number of nitrogens with two attached hydrogens (primary N) is 1. The van der Waals surface area contributed by atoms with Crippen LogP contribution in [0.25, 0.3) is 20.9 Å². The molecule has 1 radical (unpaired) electrons. The van der Waals surface area contributed by atoms with Crippen molar-refractivity contribution in [2.75, 3.05) is 0 Å². The molecule has 0 unspecified atom stereocenters. The summed E-state index contributed by atoms with van der Waals surface area (Å²) in [6.07, 6.45) is 0.